The molecule has 1 heterocycles. The molecule has 0 aliphatic heterocycles. The molecule has 2 aromatic rings. The molecule has 1 aromatic heterocycles. The van der Waals surface area contributed by atoms with Gasteiger partial charge in [0.2, 0.25) is 17.2 Å². The fourth-order valence-electron chi connectivity index (χ4n) is 1.81. The largest absolute Gasteiger partial charge is 0.354 e. The molecule has 0 saturated carbocycles. The van der Waals surface area contributed by atoms with Crippen LogP contribution in [0.1, 0.15) is 32.4 Å². The lowest BCUT2D eigenvalue weighted by Crippen LogP contribution is -2.14. The van der Waals surface area contributed by atoms with Crippen LogP contribution >= 0.6 is 11.6 Å². The van der Waals surface area contributed by atoms with Gasteiger partial charge < -0.3 is 10.6 Å². The van der Waals surface area contributed by atoms with Crippen LogP contribution in [0.4, 0.5) is 11.9 Å². The molecule has 0 saturated heterocycles. The van der Waals surface area contributed by atoms with Crippen LogP contribution in [0.2, 0.25) is 5.28 Å². The van der Waals surface area contributed by atoms with Gasteiger partial charge in [-0.1, -0.05) is 44.2 Å². The summed E-state index contributed by atoms with van der Waals surface area (Å²) in [6.07, 6.45) is 0. The number of anilines is 2. The van der Waals surface area contributed by atoms with Crippen molar-refractivity contribution in [1.29, 1.82) is 0 Å². The molecule has 1 atom stereocenters. The van der Waals surface area contributed by atoms with E-state index in [1.165, 1.54) is 0 Å². The van der Waals surface area contributed by atoms with E-state index in [-0.39, 0.29) is 11.3 Å². The van der Waals surface area contributed by atoms with Gasteiger partial charge in [-0.2, -0.15) is 15.0 Å². The van der Waals surface area contributed by atoms with Gasteiger partial charge in [0.25, 0.3) is 0 Å². The molecule has 0 unspecified atom stereocenters. The molecule has 21 heavy (non-hydrogen) atoms. The van der Waals surface area contributed by atoms with Crippen LogP contribution in [-0.4, -0.2) is 21.5 Å². The lowest BCUT2D eigenvalue weighted by molar-refractivity contribution is 0.684. The molecular weight excluding hydrogens is 286 g/mol. The summed E-state index contributed by atoms with van der Waals surface area (Å²) >= 11 is 5.95. The number of nitrogens with one attached hydrogen (secondary N) is 2. The van der Waals surface area contributed by atoms with E-state index in [4.69, 9.17) is 11.6 Å². The first-order valence-corrected chi connectivity index (χ1v) is 7.39. The van der Waals surface area contributed by atoms with Gasteiger partial charge in [0.15, 0.2) is 0 Å². The molecule has 0 amide bonds. The summed E-state index contributed by atoms with van der Waals surface area (Å²) in [7, 11) is 0. The van der Waals surface area contributed by atoms with Crippen molar-refractivity contribution in [3.05, 3.63) is 41.2 Å². The topological polar surface area (TPSA) is 62.7 Å². The van der Waals surface area contributed by atoms with E-state index in [2.05, 4.69) is 51.6 Å². The highest BCUT2D eigenvalue weighted by atomic mass is 35.5. The molecule has 0 aliphatic carbocycles. The Kier molecular flexibility index (Phi) is 5.33. The molecule has 5 nitrogen and oxygen atoms in total. The lowest BCUT2D eigenvalue weighted by Gasteiger charge is -2.15. The Balaban J connectivity index is 2.09. The Morgan fingerprint density at radius 2 is 1.67 bits per heavy atom. The molecule has 0 fully saturated rings. The van der Waals surface area contributed by atoms with Crippen LogP contribution < -0.4 is 10.6 Å². The first-order valence-electron chi connectivity index (χ1n) is 7.01. The van der Waals surface area contributed by atoms with Gasteiger partial charge in [0, 0.05) is 6.54 Å². The van der Waals surface area contributed by atoms with E-state index in [1.54, 1.807) is 0 Å². The third-order valence-electron chi connectivity index (χ3n) is 2.92. The van der Waals surface area contributed by atoms with E-state index in [1.807, 2.05) is 25.1 Å². The summed E-state index contributed by atoms with van der Waals surface area (Å²) in [6.45, 7) is 7.07. The van der Waals surface area contributed by atoms with Crippen molar-refractivity contribution in [2.45, 2.75) is 26.8 Å². The first kappa shape index (κ1) is 15.5. The van der Waals surface area contributed by atoms with Crippen LogP contribution in [0.25, 0.3) is 0 Å². The Morgan fingerprint density at radius 1 is 1.00 bits per heavy atom. The van der Waals surface area contributed by atoms with Crippen LogP contribution in [-0.2, 0) is 0 Å². The standard InChI is InChI=1S/C15H20ClN5/c1-10(2)9-17-14-19-13(16)20-15(21-14)18-11(3)12-7-5-4-6-8-12/h4-8,10-11H,9H2,1-3H3,(H2,17,18,19,20,21)/t11-/m1/s1. The van der Waals surface area contributed by atoms with Gasteiger partial charge >= 0.3 is 0 Å². The third-order valence-corrected chi connectivity index (χ3v) is 3.09. The zero-order valence-electron chi connectivity index (χ0n) is 12.5. The second-order valence-corrected chi connectivity index (χ2v) is 5.64. The van der Waals surface area contributed by atoms with Crippen molar-refractivity contribution in [2.24, 2.45) is 5.92 Å². The fourth-order valence-corrected chi connectivity index (χ4v) is 1.97. The van der Waals surface area contributed by atoms with Crippen LogP contribution in [0, 0.1) is 5.92 Å². The van der Waals surface area contributed by atoms with Crippen molar-refractivity contribution in [3.63, 3.8) is 0 Å². The second-order valence-electron chi connectivity index (χ2n) is 5.30. The number of hydrogen-bond donors (Lipinski definition) is 2. The average molecular weight is 306 g/mol. The SMILES string of the molecule is CC(C)CNc1nc(Cl)nc(N[C@H](C)c2ccccc2)n1. The molecule has 112 valence electrons. The maximum absolute atomic E-state index is 5.95. The molecule has 6 heteroatoms. The van der Waals surface area contributed by atoms with Crippen molar-refractivity contribution in [2.75, 3.05) is 17.2 Å². The molecule has 0 spiro atoms. The number of nitrogens with zero attached hydrogens (tertiary/aromatic N) is 3. The van der Waals surface area contributed by atoms with Crippen LogP contribution in [0.3, 0.4) is 0 Å². The fraction of sp³-hybridized carbons (Fsp3) is 0.400. The summed E-state index contributed by atoms with van der Waals surface area (Å²) < 4.78 is 0. The Bertz CT molecular complexity index is 574. The molecule has 1 aromatic carbocycles. The van der Waals surface area contributed by atoms with Gasteiger partial charge in [0.1, 0.15) is 0 Å². The molecule has 0 radical (unpaired) electrons. The monoisotopic (exact) mass is 305 g/mol. The highest BCUT2D eigenvalue weighted by Crippen LogP contribution is 2.18. The van der Waals surface area contributed by atoms with E-state index in [9.17, 15) is 0 Å². The quantitative estimate of drug-likeness (QED) is 0.850. The van der Waals surface area contributed by atoms with E-state index >= 15 is 0 Å². The van der Waals surface area contributed by atoms with Crippen molar-refractivity contribution in [1.82, 2.24) is 15.0 Å². The van der Waals surface area contributed by atoms with Crippen LogP contribution in [0.5, 0.6) is 0 Å². The third kappa shape index (κ3) is 4.86. The Morgan fingerprint density at radius 3 is 2.33 bits per heavy atom. The summed E-state index contributed by atoms with van der Waals surface area (Å²) in [5.41, 5.74) is 1.16. The Hall–Kier alpha value is -1.88. The lowest BCUT2D eigenvalue weighted by atomic mass is 10.1. The normalized spacial score (nSPS) is 12.2. The molecular formula is C15H20ClN5. The smallest absolute Gasteiger partial charge is 0.229 e. The molecule has 2 rings (SSSR count). The first-order chi connectivity index (χ1) is 10.0. The second kappa shape index (κ2) is 7.22. The Labute approximate surface area is 130 Å². The summed E-state index contributed by atoms with van der Waals surface area (Å²) in [6, 6.07) is 10.2. The highest BCUT2D eigenvalue weighted by Gasteiger charge is 2.09. The number of halogens is 1. The number of hydrogen-bond acceptors (Lipinski definition) is 5. The minimum atomic E-state index is 0.0858. The van der Waals surface area contributed by atoms with Crippen molar-refractivity contribution < 1.29 is 0 Å². The van der Waals surface area contributed by atoms with Gasteiger partial charge in [-0.15, -0.1) is 0 Å². The van der Waals surface area contributed by atoms with Gasteiger partial charge in [-0.25, -0.2) is 0 Å². The number of benzene rings is 1. The van der Waals surface area contributed by atoms with Gasteiger partial charge in [-0.05, 0) is 30.0 Å². The summed E-state index contributed by atoms with van der Waals surface area (Å²) in [5, 5.41) is 6.57. The van der Waals surface area contributed by atoms with E-state index in [0.717, 1.165) is 12.1 Å². The zero-order valence-corrected chi connectivity index (χ0v) is 13.2. The predicted molar refractivity (Wildman–Crippen MR) is 86.6 cm³/mol. The van der Waals surface area contributed by atoms with Crippen molar-refractivity contribution in [3.8, 4) is 0 Å². The van der Waals surface area contributed by atoms with E-state index in [0.29, 0.717) is 17.8 Å². The number of aromatic nitrogens is 3. The zero-order chi connectivity index (χ0) is 15.2. The maximum atomic E-state index is 5.95. The van der Waals surface area contributed by atoms with Crippen LogP contribution in [0.15, 0.2) is 30.3 Å². The summed E-state index contributed by atoms with van der Waals surface area (Å²) in [4.78, 5) is 12.5. The van der Waals surface area contributed by atoms with Crippen molar-refractivity contribution >= 4 is 23.5 Å². The molecule has 2 N–H and O–H groups in total. The minimum Gasteiger partial charge on any atom is -0.354 e. The maximum Gasteiger partial charge on any atom is 0.229 e. The minimum absolute atomic E-state index is 0.0858. The average Bonchev–Trinajstić information content (AvgIpc) is 2.45. The predicted octanol–water partition coefficient (Wildman–Crippen LogP) is 3.77. The highest BCUT2D eigenvalue weighted by molar-refractivity contribution is 6.28. The summed E-state index contributed by atoms with van der Waals surface area (Å²) in [5.74, 6) is 1.46. The van der Waals surface area contributed by atoms with E-state index < -0.39 is 0 Å². The molecule has 0 bridgehead atoms. The molecule has 0 aliphatic rings. The van der Waals surface area contributed by atoms with Gasteiger partial charge in [0.05, 0.1) is 6.04 Å². The van der Waals surface area contributed by atoms with Gasteiger partial charge in [-0.3, -0.25) is 0 Å². The number of rotatable bonds is 6.